The number of nitrogens with zero attached hydrogens (tertiary/aromatic N) is 5. The quantitative estimate of drug-likeness (QED) is 0.824. The van der Waals surface area contributed by atoms with Gasteiger partial charge in [-0.25, -0.2) is 23.1 Å². The fourth-order valence-electron chi connectivity index (χ4n) is 3.15. The maximum atomic E-state index is 12.5. The summed E-state index contributed by atoms with van der Waals surface area (Å²) in [5.74, 6) is 1.09. The molecule has 0 atom stereocenters. The normalized spacial score (nSPS) is 15.8. The van der Waals surface area contributed by atoms with Crippen LogP contribution >= 0.6 is 0 Å². The van der Waals surface area contributed by atoms with Crippen molar-refractivity contribution in [3.8, 4) is 6.07 Å². The Morgan fingerprint density at radius 1 is 1.31 bits per heavy atom. The minimum Gasteiger partial charge on any atom is -0.360 e. The van der Waals surface area contributed by atoms with Crippen molar-refractivity contribution in [2.75, 3.05) is 24.5 Å². The van der Waals surface area contributed by atoms with Crippen molar-refractivity contribution in [1.29, 1.82) is 5.26 Å². The molecule has 1 N–H and O–H groups in total. The van der Waals surface area contributed by atoms with Crippen LogP contribution in [0.5, 0.6) is 0 Å². The first-order valence-electron chi connectivity index (χ1n) is 8.31. The van der Waals surface area contributed by atoms with Gasteiger partial charge in [-0.2, -0.15) is 5.26 Å². The van der Waals surface area contributed by atoms with E-state index in [1.54, 1.807) is 20.0 Å². The zero-order valence-corrected chi connectivity index (χ0v) is 15.5. The summed E-state index contributed by atoms with van der Waals surface area (Å²) in [6.45, 7) is 4.94. The number of piperidine rings is 1. The van der Waals surface area contributed by atoms with E-state index in [0.29, 0.717) is 36.8 Å². The number of rotatable bonds is 5. The van der Waals surface area contributed by atoms with Crippen LogP contribution in [0.25, 0.3) is 0 Å². The summed E-state index contributed by atoms with van der Waals surface area (Å²) in [4.78, 5) is 10.4. The van der Waals surface area contributed by atoms with Crippen molar-refractivity contribution < 1.29 is 12.9 Å². The van der Waals surface area contributed by atoms with Crippen molar-refractivity contribution in [2.24, 2.45) is 5.92 Å². The zero-order chi connectivity index (χ0) is 18.7. The highest BCUT2D eigenvalue weighted by Gasteiger charge is 2.27. The molecule has 9 nitrogen and oxygen atoms in total. The molecule has 2 aromatic heterocycles. The summed E-state index contributed by atoms with van der Waals surface area (Å²) < 4.78 is 32.5. The van der Waals surface area contributed by atoms with E-state index in [-0.39, 0.29) is 16.6 Å². The number of sulfonamides is 1. The molecule has 0 saturated carbocycles. The molecule has 3 rings (SSSR count). The van der Waals surface area contributed by atoms with Crippen molar-refractivity contribution in [3.63, 3.8) is 0 Å². The van der Waals surface area contributed by atoms with Gasteiger partial charge in [0.1, 0.15) is 16.7 Å². The molecule has 0 bridgehead atoms. The number of anilines is 1. The van der Waals surface area contributed by atoms with Gasteiger partial charge < -0.3 is 9.42 Å². The molecule has 138 valence electrons. The number of aromatic nitrogens is 3. The second kappa shape index (κ2) is 7.39. The molecule has 1 aliphatic rings. The van der Waals surface area contributed by atoms with Gasteiger partial charge in [0.05, 0.1) is 0 Å². The average molecular weight is 376 g/mol. The molecule has 10 heteroatoms. The standard InChI is InChI=1S/C16H20N6O3S/c1-11-15(12(2)25-21-11)26(23,24)20-10-13-3-7-22(8-4-13)16-14(9-17)18-5-6-19-16/h5-6,13,20H,3-4,7-8,10H2,1-2H3. The van der Waals surface area contributed by atoms with E-state index in [0.717, 1.165) is 12.8 Å². The summed E-state index contributed by atoms with van der Waals surface area (Å²) in [5.41, 5.74) is 0.668. The Hall–Kier alpha value is -2.51. The predicted octanol–water partition coefficient (Wildman–Crippen LogP) is 1.15. The smallest absolute Gasteiger partial charge is 0.245 e. The molecule has 1 saturated heterocycles. The van der Waals surface area contributed by atoms with E-state index in [1.165, 1.54) is 6.20 Å². The Labute approximate surface area is 152 Å². The van der Waals surface area contributed by atoms with Gasteiger partial charge in [0.15, 0.2) is 17.3 Å². The molecule has 1 aliphatic heterocycles. The lowest BCUT2D eigenvalue weighted by atomic mass is 9.97. The van der Waals surface area contributed by atoms with Crippen LogP contribution in [-0.2, 0) is 10.0 Å². The highest BCUT2D eigenvalue weighted by atomic mass is 32.2. The summed E-state index contributed by atoms with van der Waals surface area (Å²) in [6.07, 6.45) is 4.66. The summed E-state index contributed by atoms with van der Waals surface area (Å²) in [6, 6.07) is 2.05. The Kier molecular flexibility index (Phi) is 5.20. The molecule has 26 heavy (non-hydrogen) atoms. The van der Waals surface area contributed by atoms with E-state index in [4.69, 9.17) is 9.78 Å². The second-order valence-electron chi connectivity index (χ2n) is 6.28. The van der Waals surface area contributed by atoms with E-state index >= 15 is 0 Å². The molecule has 0 spiro atoms. The monoisotopic (exact) mass is 376 g/mol. The molecule has 0 unspecified atom stereocenters. The molecule has 3 heterocycles. The highest BCUT2D eigenvalue weighted by Crippen LogP contribution is 2.24. The van der Waals surface area contributed by atoms with Crippen LogP contribution in [0, 0.1) is 31.1 Å². The Balaban J connectivity index is 1.59. The van der Waals surface area contributed by atoms with Crippen LogP contribution in [0.15, 0.2) is 21.8 Å². The summed E-state index contributed by atoms with van der Waals surface area (Å²) >= 11 is 0. The largest absolute Gasteiger partial charge is 0.360 e. The molecule has 0 aliphatic carbocycles. The van der Waals surface area contributed by atoms with E-state index in [1.807, 2.05) is 4.90 Å². The van der Waals surface area contributed by atoms with Crippen LogP contribution in [0.1, 0.15) is 30.0 Å². The third-order valence-corrected chi connectivity index (χ3v) is 6.16. The predicted molar refractivity (Wildman–Crippen MR) is 92.8 cm³/mol. The van der Waals surface area contributed by atoms with Crippen LogP contribution in [0.4, 0.5) is 5.82 Å². The van der Waals surface area contributed by atoms with Crippen LogP contribution < -0.4 is 9.62 Å². The van der Waals surface area contributed by atoms with E-state index < -0.39 is 10.0 Å². The summed E-state index contributed by atoms with van der Waals surface area (Å²) in [5, 5.41) is 12.8. The van der Waals surface area contributed by atoms with Gasteiger partial charge in [-0.05, 0) is 32.6 Å². The molecule has 1 fully saturated rings. The molecule has 2 aromatic rings. The van der Waals surface area contributed by atoms with Crippen molar-refractivity contribution in [1.82, 2.24) is 19.8 Å². The Morgan fingerprint density at radius 2 is 2.00 bits per heavy atom. The fourth-order valence-corrected chi connectivity index (χ4v) is 4.59. The van der Waals surface area contributed by atoms with Crippen molar-refractivity contribution in [2.45, 2.75) is 31.6 Å². The maximum absolute atomic E-state index is 12.5. The lowest BCUT2D eigenvalue weighted by molar-refractivity contribution is 0.389. The van der Waals surface area contributed by atoms with Gasteiger partial charge in [-0.15, -0.1) is 0 Å². The number of nitriles is 1. The first kappa shape index (κ1) is 18.3. The molecule has 0 amide bonds. The minimum absolute atomic E-state index is 0.119. The SMILES string of the molecule is Cc1noc(C)c1S(=O)(=O)NCC1CCN(c2nccnc2C#N)CC1. The van der Waals surface area contributed by atoms with Crippen LogP contribution in [0.2, 0.25) is 0 Å². The van der Waals surface area contributed by atoms with Crippen LogP contribution in [0.3, 0.4) is 0 Å². The third-order valence-electron chi connectivity index (χ3n) is 4.50. The molecular formula is C16H20N6O3S. The number of hydrogen-bond donors (Lipinski definition) is 1. The van der Waals surface area contributed by atoms with Gasteiger partial charge >= 0.3 is 0 Å². The van der Waals surface area contributed by atoms with Gasteiger partial charge in [0.2, 0.25) is 10.0 Å². The third kappa shape index (κ3) is 3.68. The number of nitrogens with one attached hydrogen (secondary N) is 1. The average Bonchev–Trinajstić information content (AvgIpc) is 2.99. The van der Waals surface area contributed by atoms with Crippen molar-refractivity contribution in [3.05, 3.63) is 29.5 Å². The van der Waals surface area contributed by atoms with Gasteiger partial charge in [-0.1, -0.05) is 5.16 Å². The number of aryl methyl sites for hydroxylation is 2. The van der Waals surface area contributed by atoms with Gasteiger partial charge in [0, 0.05) is 32.0 Å². The number of hydrogen-bond acceptors (Lipinski definition) is 8. The lowest BCUT2D eigenvalue weighted by Gasteiger charge is -2.32. The maximum Gasteiger partial charge on any atom is 0.245 e. The van der Waals surface area contributed by atoms with Crippen LogP contribution in [-0.4, -0.2) is 43.2 Å². The molecule has 0 aromatic carbocycles. The first-order chi connectivity index (χ1) is 12.4. The summed E-state index contributed by atoms with van der Waals surface area (Å²) in [7, 11) is -3.64. The Bertz CT molecular complexity index is 906. The molecule has 0 radical (unpaired) electrons. The van der Waals surface area contributed by atoms with E-state index in [9.17, 15) is 8.42 Å². The van der Waals surface area contributed by atoms with Gasteiger partial charge in [-0.3, -0.25) is 0 Å². The lowest BCUT2D eigenvalue weighted by Crippen LogP contribution is -2.39. The topological polar surface area (TPSA) is 125 Å². The molecular weight excluding hydrogens is 356 g/mol. The minimum atomic E-state index is -3.64. The Morgan fingerprint density at radius 3 is 2.62 bits per heavy atom. The van der Waals surface area contributed by atoms with Gasteiger partial charge in [0.25, 0.3) is 0 Å². The first-order valence-corrected chi connectivity index (χ1v) is 9.79. The highest BCUT2D eigenvalue weighted by molar-refractivity contribution is 7.89. The van der Waals surface area contributed by atoms with E-state index in [2.05, 4.69) is 25.9 Å². The zero-order valence-electron chi connectivity index (χ0n) is 14.6. The van der Waals surface area contributed by atoms with Crippen molar-refractivity contribution >= 4 is 15.8 Å². The fraction of sp³-hybridized carbons (Fsp3) is 0.500. The second-order valence-corrected chi connectivity index (χ2v) is 7.98.